The fourth-order valence-electron chi connectivity index (χ4n) is 3.04. The van der Waals surface area contributed by atoms with Gasteiger partial charge in [0.1, 0.15) is 0 Å². The summed E-state index contributed by atoms with van der Waals surface area (Å²) in [6.45, 7) is 6.55. The van der Waals surface area contributed by atoms with Crippen LogP contribution in [0.15, 0.2) is 30.3 Å². The molecular formula is C18H28N2O. The van der Waals surface area contributed by atoms with Gasteiger partial charge in [-0.3, -0.25) is 4.90 Å². The van der Waals surface area contributed by atoms with Crippen LogP contribution in [-0.4, -0.2) is 42.8 Å². The largest absolute Gasteiger partial charge is 0.372 e. The van der Waals surface area contributed by atoms with Crippen molar-refractivity contribution in [1.29, 1.82) is 0 Å². The Balaban J connectivity index is 1.40. The van der Waals surface area contributed by atoms with Gasteiger partial charge in [-0.2, -0.15) is 0 Å². The molecule has 1 saturated carbocycles. The predicted octanol–water partition coefficient (Wildman–Crippen LogP) is 2.81. The highest BCUT2D eigenvalue weighted by molar-refractivity contribution is 5.14. The van der Waals surface area contributed by atoms with Gasteiger partial charge in [-0.05, 0) is 31.2 Å². The molecule has 1 saturated heterocycles. The van der Waals surface area contributed by atoms with Crippen molar-refractivity contribution in [3.8, 4) is 0 Å². The Morgan fingerprint density at radius 3 is 2.76 bits per heavy atom. The van der Waals surface area contributed by atoms with Gasteiger partial charge in [0.05, 0.1) is 12.2 Å². The molecule has 1 aliphatic carbocycles. The highest BCUT2D eigenvalue weighted by Gasteiger charge is 2.27. The minimum atomic E-state index is 0.382. The Bertz CT molecular complexity index is 418. The minimum absolute atomic E-state index is 0.382. The molecule has 0 radical (unpaired) electrons. The van der Waals surface area contributed by atoms with E-state index in [0.717, 1.165) is 38.6 Å². The van der Waals surface area contributed by atoms with E-state index in [1.165, 1.54) is 24.8 Å². The summed E-state index contributed by atoms with van der Waals surface area (Å²) in [7, 11) is 0. The van der Waals surface area contributed by atoms with Crippen LogP contribution in [0.2, 0.25) is 0 Å². The molecule has 0 amide bonds. The molecular weight excluding hydrogens is 260 g/mol. The van der Waals surface area contributed by atoms with Crippen LogP contribution >= 0.6 is 0 Å². The molecule has 1 aromatic carbocycles. The van der Waals surface area contributed by atoms with Crippen LogP contribution in [0.1, 0.15) is 38.2 Å². The van der Waals surface area contributed by atoms with Crippen LogP contribution in [0.25, 0.3) is 0 Å². The molecule has 1 heterocycles. The predicted molar refractivity (Wildman–Crippen MR) is 86.3 cm³/mol. The molecule has 2 atom stereocenters. The van der Waals surface area contributed by atoms with E-state index in [1.54, 1.807) is 0 Å². The lowest BCUT2D eigenvalue weighted by atomic mass is 10.2. The maximum absolute atomic E-state index is 6.30. The van der Waals surface area contributed by atoms with Gasteiger partial charge in [0.2, 0.25) is 0 Å². The Kier molecular flexibility index (Phi) is 5.28. The SMILES string of the molecule is CCC(CNC1CC1)OC1CCN(Cc2ccccc2)C1. The first-order valence-corrected chi connectivity index (χ1v) is 8.48. The van der Waals surface area contributed by atoms with Crippen molar-refractivity contribution in [2.75, 3.05) is 19.6 Å². The summed E-state index contributed by atoms with van der Waals surface area (Å²) in [6, 6.07) is 11.5. The number of hydrogen-bond acceptors (Lipinski definition) is 3. The molecule has 3 nitrogen and oxygen atoms in total. The fourth-order valence-corrected chi connectivity index (χ4v) is 3.04. The first-order valence-electron chi connectivity index (χ1n) is 8.48. The summed E-state index contributed by atoms with van der Waals surface area (Å²) < 4.78 is 6.30. The number of rotatable bonds is 8. The van der Waals surface area contributed by atoms with Gasteiger partial charge in [0, 0.05) is 32.2 Å². The second-order valence-electron chi connectivity index (χ2n) is 6.48. The van der Waals surface area contributed by atoms with Gasteiger partial charge in [-0.15, -0.1) is 0 Å². The van der Waals surface area contributed by atoms with Crippen molar-refractivity contribution in [3.63, 3.8) is 0 Å². The summed E-state index contributed by atoms with van der Waals surface area (Å²) in [5.41, 5.74) is 1.40. The average molecular weight is 288 g/mol. The molecule has 2 fully saturated rings. The van der Waals surface area contributed by atoms with Crippen molar-refractivity contribution >= 4 is 0 Å². The van der Waals surface area contributed by atoms with E-state index in [9.17, 15) is 0 Å². The summed E-state index contributed by atoms with van der Waals surface area (Å²) >= 11 is 0. The number of benzene rings is 1. The summed E-state index contributed by atoms with van der Waals surface area (Å²) in [5.74, 6) is 0. The van der Waals surface area contributed by atoms with Crippen LogP contribution in [0.3, 0.4) is 0 Å². The van der Waals surface area contributed by atoms with Crippen LogP contribution in [0.4, 0.5) is 0 Å². The monoisotopic (exact) mass is 288 g/mol. The van der Waals surface area contributed by atoms with E-state index in [0.29, 0.717) is 12.2 Å². The Morgan fingerprint density at radius 2 is 2.05 bits per heavy atom. The lowest BCUT2D eigenvalue weighted by Crippen LogP contribution is -2.34. The van der Waals surface area contributed by atoms with Gasteiger partial charge in [-0.1, -0.05) is 37.3 Å². The summed E-state index contributed by atoms with van der Waals surface area (Å²) in [6.07, 6.45) is 5.78. The number of ether oxygens (including phenoxy) is 1. The zero-order chi connectivity index (χ0) is 14.5. The average Bonchev–Trinajstić information content (AvgIpc) is 3.25. The van der Waals surface area contributed by atoms with E-state index in [-0.39, 0.29) is 0 Å². The highest BCUT2D eigenvalue weighted by Crippen LogP contribution is 2.20. The molecule has 0 spiro atoms. The van der Waals surface area contributed by atoms with Crippen LogP contribution in [0, 0.1) is 0 Å². The standard InChI is InChI=1S/C18H28N2O/c1-2-17(12-19-16-8-9-16)21-18-10-11-20(14-18)13-15-6-4-3-5-7-15/h3-7,16-19H,2,8-14H2,1H3. The fraction of sp³-hybridized carbons (Fsp3) is 0.667. The second-order valence-corrected chi connectivity index (χ2v) is 6.48. The van der Waals surface area contributed by atoms with Crippen molar-refractivity contribution < 1.29 is 4.74 Å². The van der Waals surface area contributed by atoms with Crippen LogP contribution < -0.4 is 5.32 Å². The molecule has 1 aliphatic heterocycles. The molecule has 2 unspecified atom stereocenters. The quantitative estimate of drug-likeness (QED) is 0.796. The normalized spacial score (nSPS) is 24.3. The Morgan fingerprint density at radius 1 is 1.24 bits per heavy atom. The van der Waals surface area contributed by atoms with Crippen LogP contribution in [-0.2, 0) is 11.3 Å². The van der Waals surface area contributed by atoms with Gasteiger partial charge >= 0.3 is 0 Å². The zero-order valence-corrected chi connectivity index (χ0v) is 13.1. The lowest BCUT2D eigenvalue weighted by Gasteiger charge is -2.22. The van der Waals surface area contributed by atoms with E-state index < -0.39 is 0 Å². The minimum Gasteiger partial charge on any atom is -0.372 e. The van der Waals surface area contributed by atoms with Crippen LogP contribution in [0.5, 0.6) is 0 Å². The third kappa shape index (κ3) is 4.80. The maximum Gasteiger partial charge on any atom is 0.0718 e. The maximum atomic E-state index is 6.30. The summed E-state index contributed by atoms with van der Waals surface area (Å²) in [4.78, 5) is 2.51. The first kappa shape index (κ1) is 15.0. The van der Waals surface area contributed by atoms with Gasteiger partial charge in [-0.25, -0.2) is 0 Å². The molecule has 3 heteroatoms. The first-order chi connectivity index (χ1) is 10.3. The Hall–Kier alpha value is -0.900. The van der Waals surface area contributed by atoms with Gasteiger partial charge < -0.3 is 10.1 Å². The topological polar surface area (TPSA) is 24.5 Å². The number of nitrogens with one attached hydrogen (secondary N) is 1. The van der Waals surface area contributed by atoms with E-state index >= 15 is 0 Å². The number of likely N-dealkylation sites (tertiary alicyclic amines) is 1. The van der Waals surface area contributed by atoms with Crippen molar-refractivity contribution in [2.45, 2.75) is 57.4 Å². The van der Waals surface area contributed by atoms with E-state index in [4.69, 9.17) is 4.74 Å². The van der Waals surface area contributed by atoms with Crippen molar-refractivity contribution in [3.05, 3.63) is 35.9 Å². The van der Waals surface area contributed by atoms with E-state index in [2.05, 4.69) is 47.5 Å². The molecule has 21 heavy (non-hydrogen) atoms. The second kappa shape index (κ2) is 7.39. The zero-order valence-electron chi connectivity index (χ0n) is 13.1. The number of hydrogen-bond donors (Lipinski definition) is 1. The molecule has 0 aromatic heterocycles. The molecule has 2 aliphatic rings. The van der Waals surface area contributed by atoms with Crippen molar-refractivity contribution in [1.82, 2.24) is 10.2 Å². The van der Waals surface area contributed by atoms with Crippen molar-refractivity contribution in [2.24, 2.45) is 0 Å². The molecule has 116 valence electrons. The van der Waals surface area contributed by atoms with E-state index in [1.807, 2.05) is 0 Å². The van der Waals surface area contributed by atoms with Gasteiger partial charge in [0.25, 0.3) is 0 Å². The molecule has 1 N–H and O–H groups in total. The lowest BCUT2D eigenvalue weighted by molar-refractivity contribution is -0.00764. The highest BCUT2D eigenvalue weighted by atomic mass is 16.5. The summed E-state index contributed by atoms with van der Waals surface area (Å²) in [5, 5.41) is 3.59. The molecule has 1 aromatic rings. The molecule has 3 rings (SSSR count). The molecule has 0 bridgehead atoms. The third-order valence-corrected chi connectivity index (χ3v) is 4.53. The van der Waals surface area contributed by atoms with Gasteiger partial charge in [0.15, 0.2) is 0 Å². The Labute approximate surface area is 128 Å². The third-order valence-electron chi connectivity index (χ3n) is 4.53. The smallest absolute Gasteiger partial charge is 0.0718 e. The number of nitrogens with zero attached hydrogens (tertiary/aromatic N) is 1.